The molecule has 2 heterocycles. The van der Waals surface area contributed by atoms with Crippen LogP contribution < -0.4 is 11.1 Å². The summed E-state index contributed by atoms with van der Waals surface area (Å²) in [5.41, 5.74) is 7.35. The van der Waals surface area contributed by atoms with Crippen LogP contribution >= 0.6 is 11.6 Å². The maximum atomic E-state index is 13.7. The first-order valence-corrected chi connectivity index (χ1v) is 7.68. The number of benzene rings is 1. The molecule has 0 unspecified atom stereocenters. The normalized spacial score (nSPS) is 19.8. The summed E-state index contributed by atoms with van der Waals surface area (Å²) in [6, 6.07) is 3.73. The molecular formula is C16H16ClFN4O. The van der Waals surface area contributed by atoms with E-state index in [-0.39, 0.29) is 17.1 Å². The Balaban J connectivity index is 2.12. The van der Waals surface area contributed by atoms with Gasteiger partial charge in [0, 0.05) is 12.0 Å². The van der Waals surface area contributed by atoms with E-state index in [2.05, 4.69) is 15.3 Å². The van der Waals surface area contributed by atoms with Crippen LogP contribution in [0.1, 0.15) is 31.1 Å². The molecule has 4 N–H and O–H groups in total. The molecule has 3 rings (SSSR count). The first-order chi connectivity index (χ1) is 11.0. The smallest absolute Gasteiger partial charge is 0.224 e. The topological polar surface area (TPSA) is 83.8 Å². The van der Waals surface area contributed by atoms with Crippen molar-refractivity contribution in [3.63, 3.8) is 0 Å². The lowest BCUT2D eigenvalue weighted by Gasteiger charge is -2.10. The summed E-state index contributed by atoms with van der Waals surface area (Å²) in [4.78, 5) is 19.3. The summed E-state index contributed by atoms with van der Waals surface area (Å²) < 4.78 is 13.7. The van der Waals surface area contributed by atoms with E-state index in [9.17, 15) is 9.18 Å². The van der Waals surface area contributed by atoms with Crippen LogP contribution in [0.3, 0.4) is 0 Å². The van der Waals surface area contributed by atoms with Gasteiger partial charge in [0.05, 0.1) is 11.7 Å². The zero-order chi connectivity index (χ0) is 16.4. The van der Waals surface area contributed by atoms with Gasteiger partial charge in [-0.2, -0.15) is 0 Å². The van der Waals surface area contributed by atoms with Gasteiger partial charge in [-0.25, -0.2) is 9.37 Å². The lowest BCUT2D eigenvalue weighted by Crippen LogP contribution is -2.11. The maximum Gasteiger partial charge on any atom is 0.224 e. The third-order valence-electron chi connectivity index (χ3n) is 3.63. The van der Waals surface area contributed by atoms with Crippen LogP contribution in [0.5, 0.6) is 0 Å². The standard InChI is InChI=1S/C16H16ClFN4O/c17-15-14-10-8-9(18)6-7-12(10)20-13(23)5-3-1-2-4-11(19)16(21-14)22-15/h1-2,6-8,11H,3-5,19H2,(H,20,23)(H,21,22)/b2-1+/t11-/m0/s1. The van der Waals surface area contributed by atoms with Gasteiger partial charge in [0.25, 0.3) is 0 Å². The Morgan fingerprint density at radius 1 is 1.35 bits per heavy atom. The van der Waals surface area contributed by atoms with Crippen molar-refractivity contribution in [3.05, 3.63) is 47.1 Å². The van der Waals surface area contributed by atoms with Crippen LogP contribution in [0.2, 0.25) is 5.15 Å². The van der Waals surface area contributed by atoms with Crippen LogP contribution in [-0.2, 0) is 4.79 Å². The number of rotatable bonds is 0. The number of H-pyrrole nitrogens is 1. The highest BCUT2D eigenvalue weighted by atomic mass is 35.5. The van der Waals surface area contributed by atoms with Gasteiger partial charge in [0.2, 0.25) is 5.91 Å². The quantitative estimate of drug-likeness (QED) is 0.644. The maximum absolute atomic E-state index is 13.7. The van der Waals surface area contributed by atoms with Crippen LogP contribution in [0, 0.1) is 5.82 Å². The number of nitrogens with zero attached hydrogens (tertiary/aromatic N) is 1. The number of aromatic amines is 1. The fourth-order valence-electron chi connectivity index (χ4n) is 2.44. The van der Waals surface area contributed by atoms with E-state index < -0.39 is 5.82 Å². The van der Waals surface area contributed by atoms with Crippen LogP contribution in [0.15, 0.2) is 30.4 Å². The molecule has 1 aliphatic rings. The second kappa shape index (κ2) is 6.52. The molecular weight excluding hydrogens is 319 g/mol. The second-order valence-electron chi connectivity index (χ2n) is 5.37. The number of fused-ring (bicyclic) bond motifs is 4. The molecule has 1 aliphatic heterocycles. The number of carbonyl (C=O) groups excluding carboxylic acids is 1. The third-order valence-corrected chi connectivity index (χ3v) is 3.91. The molecule has 1 amide bonds. The van der Waals surface area contributed by atoms with Crippen LogP contribution in [0.4, 0.5) is 10.1 Å². The fourth-order valence-corrected chi connectivity index (χ4v) is 2.68. The zero-order valence-corrected chi connectivity index (χ0v) is 13.0. The minimum absolute atomic E-state index is 0.155. The number of carbonyl (C=O) groups is 1. The minimum atomic E-state index is -0.436. The molecule has 7 heteroatoms. The van der Waals surface area contributed by atoms with Crippen molar-refractivity contribution < 1.29 is 9.18 Å². The first-order valence-electron chi connectivity index (χ1n) is 7.30. The monoisotopic (exact) mass is 334 g/mol. The van der Waals surface area contributed by atoms with E-state index in [4.69, 9.17) is 17.3 Å². The van der Waals surface area contributed by atoms with Gasteiger partial charge < -0.3 is 16.0 Å². The van der Waals surface area contributed by atoms with Gasteiger partial charge in [0.1, 0.15) is 22.5 Å². The molecule has 120 valence electrons. The van der Waals surface area contributed by atoms with Gasteiger partial charge in [-0.3, -0.25) is 4.79 Å². The predicted molar refractivity (Wildman–Crippen MR) is 87.5 cm³/mol. The molecule has 1 aromatic heterocycles. The molecule has 5 nitrogen and oxygen atoms in total. The summed E-state index contributed by atoms with van der Waals surface area (Å²) in [7, 11) is 0. The highest BCUT2D eigenvalue weighted by Gasteiger charge is 2.19. The van der Waals surface area contributed by atoms with Crippen molar-refractivity contribution in [2.24, 2.45) is 5.73 Å². The second-order valence-corrected chi connectivity index (χ2v) is 5.75. The van der Waals surface area contributed by atoms with Crippen molar-refractivity contribution in [2.45, 2.75) is 25.3 Å². The molecule has 0 fully saturated rings. The number of hydrogen-bond donors (Lipinski definition) is 3. The van der Waals surface area contributed by atoms with E-state index >= 15 is 0 Å². The number of nitrogens with two attached hydrogens (primary N) is 1. The number of amides is 1. The summed E-state index contributed by atoms with van der Waals surface area (Å²) >= 11 is 6.21. The summed E-state index contributed by atoms with van der Waals surface area (Å²) in [6.07, 6.45) is 5.34. The molecule has 0 radical (unpaired) electrons. The number of aromatic nitrogens is 2. The van der Waals surface area contributed by atoms with Crippen molar-refractivity contribution in [1.82, 2.24) is 9.97 Å². The van der Waals surface area contributed by atoms with Crippen molar-refractivity contribution in [3.8, 4) is 11.3 Å². The third kappa shape index (κ3) is 3.43. The van der Waals surface area contributed by atoms with Crippen molar-refractivity contribution in [1.29, 1.82) is 0 Å². The van der Waals surface area contributed by atoms with Crippen molar-refractivity contribution in [2.75, 3.05) is 5.32 Å². The Morgan fingerprint density at radius 2 is 2.17 bits per heavy atom. The molecule has 0 saturated carbocycles. The van der Waals surface area contributed by atoms with Crippen LogP contribution in [0.25, 0.3) is 11.3 Å². The highest BCUT2D eigenvalue weighted by Crippen LogP contribution is 2.34. The number of anilines is 1. The number of hydrogen-bond acceptors (Lipinski definition) is 3. The number of allylic oxidation sites excluding steroid dienone is 1. The molecule has 0 spiro atoms. The molecule has 23 heavy (non-hydrogen) atoms. The predicted octanol–water partition coefficient (Wildman–Crippen LogP) is 3.55. The molecule has 1 aromatic carbocycles. The first kappa shape index (κ1) is 15.7. The Bertz CT molecular complexity index is 771. The van der Waals surface area contributed by atoms with E-state index in [0.717, 1.165) is 0 Å². The lowest BCUT2D eigenvalue weighted by atomic mass is 10.1. The molecule has 2 bridgehead atoms. The Morgan fingerprint density at radius 3 is 3.00 bits per heavy atom. The fraction of sp³-hybridized carbons (Fsp3) is 0.250. The van der Waals surface area contributed by atoms with Crippen molar-refractivity contribution >= 4 is 23.2 Å². The molecule has 0 aliphatic carbocycles. The van der Waals surface area contributed by atoms with E-state index in [1.807, 2.05) is 12.2 Å². The molecule has 0 saturated heterocycles. The van der Waals surface area contributed by atoms with Gasteiger partial charge in [-0.15, -0.1) is 0 Å². The largest absolute Gasteiger partial charge is 0.331 e. The lowest BCUT2D eigenvalue weighted by molar-refractivity contribution is -0.116. The Kier molecular flexibility index (Phi) is 4.45. The highest BCUT2D eigenvalue weighted by molar-refractivity contribution is 6.32. The summed E-state index contributed by atoms with van der Waals surface area (Å²) in [5, 5.41) is 3.04. The minimum Gasteiger partial charge on any atom is -0.331 e. The van der Waals surface area contributed by atoms with Gasteiger partial charge in [0.15, 0.2) is 0 Å². The number of halogens is 2. The average molecular weight is 335 g/mol. The summed E-state index contributed by atoms with van der Waals surface area (Å²) in [6.45, 7) is 0. The van der Waals surface area contributed by atoms with Crippen LogP contribution in [-0.4, -0.2) is 15.9 Å². The Hall–Kier alpha value is -2.18. The number of nitrogens with one attached hydrogen (secondary N) is 2. The molecule has 1 atom stereocenters. The van der Waals surface area contributed by atoms with Gasteiger partial charge in [-0.05, 0) is 31.0 Å². The average Bonchev–Trinajstić information content (AvgIpc) is 2.90. The Labute approximate surface area is 137 Å². The summed E-state index contributed by atoms with van der Waals surface area (Å²) in [5.74, 6) is -0.0673. The molecule has 2 aromatic rings. The van der Waals surface area contributed by atoms with Gasteiger partial charge in [-0.1, -0.05) is 23.8 Å². The van der Waals surface area contributed by atoms with E-state index in [0.29, 0.717) is 42.0 Å². The van der Waals surface area contributed by atoms with E-state index in [1.165, 1.54) is 18.2 Å². The van der Waals surface area contributed by atoms with Gasteiger partial charge >= 0.3 is 0 Å². The zero-order valence-electron chi connectivity index (χ0n) is 12.3. The number of imidazole rings is 1. The van der Waals surface area contributed by atoms with E-state index in [1.54, 1.807) is 0 Å². The SMILES string of the molecule is N[C@H]1C/C=C/CCC(=O)Nc2ccc(F)cc2-c2nc1[nH]c2Cl.